The molecular formula is C26H27F4N7O. The average Bonchev–Trinajstić information content (AvgIpc) is 3.38. The summed E-state index contributed by atoms with van der Waals surface area (Å²) in [5.74, 6) is -2.50. The van der Waals surface area contributed by atoms with Gasteiger partial charge in [0.05, 0.1) is 18.3 Å². The SMILES string of the molecule is CN1CCC(F)(F)C1.Cc1nc2c(F)cc(-c3nc(Nc4ccc(C=O)cn4)ncc3F)cc2n1C(C)C. The quantitative estimate of drug-likeness (QED) is 0.267. The van der Waals surface area contributed by atoms with Crippen LogP contribution in [-0.4, -0.2) is 61.7 Å². The van der Waals surface area contributed by atoms with Gasteiger partial charge in [0.1, 0.15) is 22.9 Å². The number of carbonyl (C=O) groups is 1. The standard InChI is InChI=1S/C21H18F2N6O.C5H9F2N/c1-11(2)29-12(3)26-20-15(22)6-14(7-17(20)29)19-16(23)9-25-21(28-19)27-18-5-4-13(10-30)8-24-18;1-8-3-2-5(6,7)4-8/h4-11H,1-3H3,(H,24,25,27,28);2-4H2,1H3. The fourth-order valence-corrected chi connectivity index (χ4v) is 4.26. The highest BCUT2D eigenvalue weighted by molar-refractivity contribution is 5.83. The van der Waals surface area contributed by atoms with Crippen LogP contribution in [0.5, 0.6) is 0 Å². The number of rotatable bonds is 5. The Morgan fingerprint density at radius 3 is 2.39 bits per heavy atom. The Morgan fingerprint density at radius 2 is 1.84 bits per heavy atom. The molecule has 4 aromatic rings. The molecule has 38 heavy (non-hydrogen) atoms. The number of fused-ring (bicyclic) bond motifs is 1. The summed E-state index contributed by atoms with van der Waals surface area (Å²) in [5.41, 5.74) is 1.44. The van der Waals surface area contributed by atoms with E-state index in [0.717, 1.165) is 6.20 Å². The molecule has 200 valence electrons. The first-order valence-electron chi connectivity index (χ1n) is 11.9. The lowest BCUT2D eigenvalue weighted by Crippen LogP contribution is -2.21. The smallest absolute Gasteiger partial charge is 0.261 e. The third-order valence-electron chi connectivity index (χ3n) is 5.98. The molecule has 0 bridgehead atoms. The van der Waals surface area contributed by atoms with Crippen LogP contribution in [0.25, 0.3) is 22.3 Å². The maximum atomic E-state index is 14.7. The van der Waals surface area contributed by atoms with Crippen molar-refractivity contribution in [3.8, 4) is 11.3 Å². The van der Waals surface area contributed by atoms with Crippen LogP contribution in [-0.2, 0) is 0 Å². The number of imidazole rings is 1. The van der Waals surface area contributed by atoms with Crippen molar-refractivity contribution in [1.82, 2.24) is 29.4 Å². The minimum atomic E-state index is -2.41. The summed E-state index contributed by atoms with van der Waals surface area (Å²) in [7, 11) is 1.71. The lowest BCUT2D eigenvalue weighted by molar-refractivity contribution is 0.0146. The number of nitrogens with zero attached hydrogens (tertiary/aromatic N) is 6. The molecule has 3 aromatic heterocycles. The third-order valence-corrected chi connectivity index (χ3v) is 5.98. The number of benzene rings is 1. The Bertz CT molecular complexity index is 1450. The topological polar surface area (TPSA) is 88.8 Å². The number of pyridine rings is 1. The number of likely N-dealkylation sites (tertiary alicyclic amines) is 1. The van der Waals surface area contributed by atoms with Crippen LogP contribution in [0, 0.1) is 18.6 Å². The van der Waals surface area contributed by atoms with Crippen LogP contribution in [0.2, 0.25) is 0 Å². The van der Waals surface area contributed by atoms with Crippen molar-refractivity contribution in [1.29, 1.82) is 0 Å². The average molecular weight is 530 g/mol. The molecule has 1 saturated heterocycles. The molecule has 12 heteroatoms. The van der Waals surface area contributed by atoms with E-state index in [1.165, 1.54) is 12.3 Å². The van der Waals surface area contributed by atoms with Gasteiger partial charge in [0.15, 0.2) is 17.9 Å². The van der Waals surface area contributed by atoms with Crippen molar-refractivity contribution >= 4 is 29.1 Å². The molecule has 1 aromatic carbocycles. The molecule has 0 unspecified atom stereocenters. The Morgan fingerprint density at radius 1 is 1.08 bits per heavy atom. The molecule has 1 aliphatic heterocycles. The van der Waals surface area contributed by atoms with Crippen molar-refractivity contribution in [3.63, 3.8) is 0 Å². The molecule has 0 spiro atoms. The van der Waals surface area contributed by atoms with Crippen molar-refractivity contribution < 1.29 is 22.4 Å². The summed E-state index contributed by atoms with van der Waals surface area (Å²) < 4.78 is 55.5. The maximum Gasteiger partial charge on any atom is 0.261 e. The Hall–Kier alpha value is -3.93. The second-order valence-electron chi connectivity index (χ2n) is 9.40. The monoisotopic (exact) mass is 529 g/mol. The van der Waals surface area contributed by atoms with Gasteiger partial charge in [0, 0.05) is 36.3 Å². The number of carbonyl (C=O) groups excluding carboxylic acids is 1. The molecule has 5 rings (SSSR count). The fourth-order valence-electron chi connectivity index (χ4n) is 4.26. The normalized spacial score (nSPS) is 15.0. The number of aromatic nitrogens is 5. The highest BCUT2D eigenvalue weighted by Crippen LogP contribution is 2.30. The largest absolute Gasteiger partial charge is 0.326 e. The van der Waals surface area contributed by atoms with E-state index in [1.54, 1.807) is 37.1 Å². The van der Waals surface area contributed by atoms with Crippen molar-refractivity contribution in [2.45, 2.75) is 39.2 Å². The molecule has 1 aliphatic rings. The summed E-state index contributed by atoms with van der Waals surface area (Å²) in [5, 5.41) is 2.85. The highest BCUT2D eigenvalue weighted by atomic mass is 19.3. The van der Waals surface area contributed by atoms with Crippen LogP contribution < -0.4 is 5.32 Å². The predicted molar refractivity (Wildman–Crippen MR) is 136 cm³/mol. The number of aryl methyl sites for hydroxylation is 1. The van der Waals surface area contributed by atoms with Crippen molar-refractivity contribution in [2.24, 2.45) is 0 Å². The Balaban J connectivity index is 0.000000360. The first-order chi connectivity index (χ1) is 18.0. The van der Waals surface area contributed by atoms with Gasteiger partial charge in [0.25, 0.3) is 5.92 Å². The van der Waals surface area contributed by atoms with Crippen LogP contribution in [0.3, 0.4) is 0 Å². The van der Waals surface area contributed by atoms with Crippen LogP contribution >= 0.6 is 0 Å². The van der Waals surface area contributed by atoms with E-state index in [9.17, 15) is 22.4 Å². The molecule has 0 amide bonds. The molecule has 0 radical (unpaired) electrons. The number of alkyl halides is 2. The van der Waals surface area contributed by atoms with E-state index >= 15 is 0 Å². The number of halogens is 4. The van der Waals surface area contributed by atoms with Gasteiger partial charge in [-0.2, -0.15) is 0 Å². The van der Waals surface area contributed by atoms with Gasteiger partial charge in [-0.05, 0) is 52.1 Å². The van der Waals surface area contributed by atoms with Crippen molar-refractivity contribution in [3.05, 3.63) is 59.7 Å². The summed E-state index contributed by atoms with van der Waals surface area (Å²) in [6.07, 6.45) is 3.11. The second kappa shape index (κ2) is 10.8. The van der Waals surface area contributed by atoms with E-state index in [1.807, 2.05) is 18.4 Å². The second-order valence-corrected chi connectivity index (χ2v) is 9.40. The van der Waals surface area contributed by atoms with Crippen LogP contribution in [0.15, 0.2) is 36.7 Å². The van der Waals surface area contributed by atoms with Crippen LogP contribution in [0.1, 0.15) is 42.5 Å². The molecule has 4 heterocycles. The molecule has 8 nitrogen and oxygen atoms in total. The van der Waals surface area contributed by atoms with Gasteiger partial charge in [-0.3, -0.25) is 4.79 Å². The predicted octanol–water partition coefficient (Wildman–Crippen LogP) is 5.57. The number of hydrogen-bond acceptors (Lipinski definition) is 7. The molecule has 1 N–H and O–H groups in total. The van der Waals surface area contributed by atoms with Gasteiger partial charge >= 0.3 is 0 Å². The summed E-state index contributed by atoms with van der Waals surface area (Å²) in [6, 6.07) is 6.09. The Labute approximate surface area is 216 Å². The van der Waals surface area contributed by atoms with E-state index in [2.05, 4.69) is 25.3 Å². The highest BCUT2D eigenvalue weighted by Gasteiger charge is 2.36. The zero-order valence-electron chi connectivity index (χ0n) is 21.3. The zero-order valence-corrected chi connectivity index (χ0v) is 21.3. The maximum absolute atomic E-state index is 14.7. The molecule has 0 saturated carbocycles. The van der Waals surface area contributed by atoms with E-state index in [0.29, 0.717) is 35.6 Å². The Kier molecular flexibility index (Phi) is 7.72. The summed E-state index contributed by atoms with van der Waals surface area (Å²) in [6.45, 7) is 6.21. The number of aldehydes is 1. The first-order valence-corrected chi connectivity index (χ1v) is 11.9. The zero-order chi connectivity index (χ0) is 27.6. The van der Waals surface area contributed by atoms with Gasteiger partial charge in [-0.25, -0.2) is 37.5 Å². The van der Waals surface area contributed by atoms with E-state index in [4.69, 9.17) is 0 Å². The number of hydrogen-bond donors (Lipinski definition) is 1. The van der Waals surface area contributed by atoms with Gasteiger partial charge < -0.3 is 14.8 Å². The third kappa shape index (κ3) is 5.96. The molecular weight excluding hydrogens is 502 g/mol. The van der Waals surface area contributed by atoms with Gasteiger partial charge in [-0.1, -0.05) is 0 Å². The minimum Gasteiger partial charge on any atom is -0.326 e. The molecule has 1 fully saturated rings. The van der Waals surface area contributed by atoms with E-state index < -0.39 is 17.6 Å². The lowest BCUT2D eigenvalue weighted by Gasteiger charge is -2.12. The molecule has 0 atom stereocenters. The summed E-state index contributed by atoms with van der Waals surface area (Å²) in [4.78, 5) is 28.9. The lowest BCUT2D eigenvalue weighted by atomic mass is 10.1. The van der Waals surface area contributed by atoms with Gasteiger partial charge in [0.2, 0.25) is 5.95 Å². The van der Waals surface area contributed by atoms with E-state index in [-0.39, 0.29) is 41.7 Å². The first kappa shape index (κ1) is 27.1. The number of anilines is 2. The van der Waals surface area contributed by atoms with Crippen molar-refractivity contribution in [2.75, 3.05) is 25.5 Å². The molecule has 0 aliphatic carbocycles. The van der Waals surface area contributed by atoms with Gasteiger partial charge in [-0.15, -0.1) is 0 Å². The number of nitrogens with one attached hydrogen (secondary N) is 1. The minimum absolute atomic E-state index is 0.0312. The summed E-state index contributed by atoms with van der Waals surface area (Å²) >= 11 is 0. The van der Waals surface area contributed by atoms with Crippen LogP contribution in [0.4, 0.5) is 29.3 Å². The fraction of sp³-hybridized carbons (Fsp3) is 0.346.